The number of allylic oxidation sites excluding steroid dienone is 6. The standard InChI is InChI=1S/C57H99N3O3Si3/c1-13-22-25-34-46(10)37-49(28-16-4)40-52(31-19-7)64-43-58-55(61)59(44-65-53(32-20-8)41-50(29-17-5)38-47(11)35-26-23-14-2)57(63)60(56(58)62)45-66-54(33-21-9)42-51(30-18-6)39-48(12)36-27-24-15-3/h16-21,46-54H,4-9,13-15,22-45H2,1-3,10-12H3. The predicted octanol–water partition coefficient (Wildman–Crippen LogP) is 14.8. The van der Waals surface area contributed by atoms with Crippen LogP contribution < -0.4 is 17.1 Å². The van der Waals surface area contributed by atoms with E-state index in [1.165, 1.54) is 90.8 Å². The first kappa shape index (κ1) is 61.5. The molecule has 6 nitrogen and oxygen atoms in total. The van der Waals surface area contributed by atoms with Crippen LogP contribution in [0.4, 0.5) is 0 Å². The van der Waals surface area contributed by atoms with Crippen LogP contribution in [-0.4, -0.2) is 42.3 Å². The molecule has 0 spiro atoms. The minimum absolute atomic E-state index is 0.297. The van der Waals surface area contributed by atoms with E-state index in [1.807, 2.05) is 18.2 Å². The van der Waals surface area contributed by atoms with Crippen molar-refractivity contribution >= 4 is 28.6 Å². The number of rotatable bonds is 45. The van der Waals surface area contributed by atoms with Crippen molar-refractivity contribution in [1.82, 2.24) is 13.7 Å². The Bertz CT molecular complexity index is 1440. The summed E-state index contributed by atoms with van der Waals surface area (Å²) in [5.74, 6) is 3.43. The van der Waals surface area contributed by atoms with Gasteiger partial charge in [0, 0.05) is 18.5 Å². The molecule has 9 atom stereocenters. The Morgan fingerprint density at radius 2 is 0.636 bits per heavy atom. The second kappa shape index (κ2) is 38.4. The molecule has 372 valence electrons. The van der Waals surface area contributed by atoms with Gasteiger partial charge in [0.15, 0.2) is 0 Å². The summed E-state index contributed by atoms with van der Waals surface area (Å²) in [4.78, 5) is 43.8. The molecular formula is C57H99N3O3Si3. The highest BCUT2D eigenvalue weighted by atomic mass is 28.2. The van der Waals surface area contributed by atoms with Gasteiger partial charge >= 0.3 is 17.1 Å². The molecule has 1 heterocycles. The zero-order valence-corrected chi connectivity index (χ0v) is 46.6. The van der Waals surface area contributed by atoms with Gasteiger partial charge in [-0.2, -0.15) is 0 Å². The maximum Gasteiger partial charge on any atom is 0.335 e. The lowest BCUT2D eigenvalue weighted by molar-refractivity contribution is 0.343. The van der Waals surface area contributed by atoms with Crippen LogP contribution in [-0.2, 0) is 18.5 Å². The quantitative estimate of drug-likeness (QED) is 0.0372. The molecule has 9 unspecified atom stereocenters. The lowest BCUT2D eigenvalue weighted by Crippen LogP contribution is -2.56. The third-order valence-electron chi connectivity index (χ3n) is 13.8. The van der Waals surface area contributed by atoms with Crippen molar-refractivity contribution in [3.8, 4) is 0 Å². The zero-order chi connectivity index (χ0) is 49.1. The fourth-order valence-electron chi connectivity index (χ4n) is 10.2. The molecule has 0 amide bonds. The maximum absolute atomic E-state index is 14.6. The molecule has 0 fully saturated rings. The second-order valence-corrected chi connectivity index (χ2v) is 24.9. The van der Waals surface area contributed by atoms with E-state index in [9.17, 15) is 14.4 Å². The highest BCUT2D eigenvalue weighted by Gasteiger charge is 2.25. The summed E-state index contributed by atoms with van der Waals surface area (Å²) in [5, 5.41) is 0. The van der Waals surface area contributed by atoms with Crippen molar-refractivity contribution in [3.05, 3.63) is 107 Å². The van der Waals surface area contributed by atoms with Crippen molar-refractivity contribution in [3.63, 3.8) is 0 Å². The number of aromatic nitrogens is 3. The summed E-state index contributed by atoms with van der Waals surface area (Å²) in [6.45, 7) is 38.6. The molecule has 0 bridgehead atoms. The molecule has 0 aliphatic carbocycles. The maximum atomic E-state index is 14.6. The van der Waals surface area contributed by atoms with Crippen molar-refractivity contribution in [2.24, 2.45) is 35.5 Å². The van der Waals surface area contributed by atoms with Gasteiger partial charge in [0.05, 0.1) is 28.6 Å². The average molecular weight is 959 g/mol. The van der Waals surface area contributed by atoms with E-state index in [4.69, 9.17) is 0 Å². The van der Waals surface area contributed by atoms with Crippen LogP contribution in [0.15, 0.2) is 90.3 Å². The third kappa shape index (κ3) is 25.7. The van der Waals surface area contributed by atoms with Gasteiger partial charge in [0.2, 0.25) is 0 Å². The van der Waals surface area contributed by atoms with E-state index in [2.05, 4.69) is 99.2 Å². The van der Waals surface area contributed by atoms with Gasteiger partial charge in [0.25, 0.3) is 0 Å². The van der Waals surface area contributed by atoms with E-state index in [0.29, 0.717) is 99.2 Å². The first-order valence-corrected chi connectivity index (χ1v) is 30.5. The van der Waals surface area contributed by atoms with Crippen molar-refractivity contribution in [2.75, 3.05) is 0 Å². The summed E-state index contributed by atoms with van der Waals surface area (Å²) in [6, 6.07) is 0. The van der Waals surface area contributed by atoms with E-state index in [-0.39, 0.29) is 0 Å². The number of unbranched alkanes of at least 4 members (excludes halogenated alkanes) is 6. The molecule has 6 radical (unpaired) electrons. The lowest BCUT2D eigenvalue weighted by atomic mass is 9.86. The number of hydrogen-bond donors (Lipinski definition) is 0. The van der Waals surface area contributed by atoms with Crippen LogP contribution >= 0.6 is 0 Å². The van der Waals surface area contributed by atoms with Crippen molar-refractivity contribution < 1.29 is 0 Å². The summed E-state index contributed by atoms with van der Waals surface area (Å²) in [7, 11) is 1.06. The fourth-order valence-corrected chi connectivity index (χ4v) is 14.8. The van der Waals surface area contributed by atoms with Gasteiger partial charge in [0.1, 0.15) is 0 Å². The highest BCUT2D eigenvalue weighted by Crippen LogP contribution is 2.33. The van der Waals surface area contributed by atoms with Crippen molar-refractivity contribution in [2.45, 2.75) is 231 Å². The molecule has 1 aromatic rings. The Labute approximate surface area is 413 Å². The number of hydrogen-bond acceptors (Lipinski definition) is 3. The van der Waals surface area contributed by atoms with Crippen LogP contribution in [0, 0.1) is 35.5 Å². The Kier molecular flexibility index (Phi) is 35.8. The zero-order valence-electron chi connectivity index (χ0n) is 43.6. The molecule has 0 N–H and O–H groups in total. The van der Waals surface area contributed by atoms with Gasteiger partial charge in [-0.05, 0) is 129 Å². The van der Waals surface area contributed by atoms with E-state index in [1.54, 1.807) is 0 Å². The molecule has 9 heteroatoms. The SMILES string of the molecule is C=CCC(CC(C)CCCCC)CC(CC=C)[Si]Cn1c(=O)n(C[Si]C(CC=C)CC(CC=C)CC(C)CCCCC)c(=O)n(C[Si]C(CC=C)CC(CC=C)CC(C)CCCCC)c1=O. The van der Waals surface area contributed by atoms with Gasteiger partial charge in [-0.15, -0.1) is 39.5 Å². The van der Waals surface area contributed by atoms with Crippen molar-refractivity contribution in [1.29, 1.82) is 0 Å². The molecule has 0 saturated carbocycles. The summed E-state index contributed by atoms with van der Waals surface area (Å²) in [6.07, 6.45) is 40.1. The lowest BCUT2D eigenvalue weighted by Gasteiger charge is -2.26. The van der Waals surface area contributed by atoms with Gasteiger partial charge in [-0.25, -0.2) is 28.1 Å². The summed E-state index contributed by atoms with van der Waals surface area (Å²) in [5.41, 5.74) is -0.473. The molecule has 1 rings (SSSR count). The smallest absolute Gasteiger partial charge is 0.249 e. The highest BCUT2D eigenvalue weighted by molar-refractivity contribution is 6.37. The normalized spacial score (nSPS) is 15.7. The van der Waals surface area contributed by atoms with Crippen LogP contribution in [0.25, 0.3) is 0 Å². The van der Waals surface area contributed by atoms with Crippen LogP contribution in [0.5, 0.6) is 0 Å². The van der Waals surface area contributed by atoms with E-state index in [0.717, 1.165) is 77.0 Å². The van der Waals surface area contributed by atoms with Crippen LogP contribution in [0.2, 0.25) is 16.6 Å². The first-order chi connectivity index (χ1) is 31.9. The molecule has 0 aliphatic heterocycles. The summed E-state index contributed by atoms with van der Waals surface area (Å²) >= 11 is 0. The summed E-state index contributed by atoms with van der Waals surface area (Å²) < 4.78 is 4.26. The molecular weight excluding hydrogens is 859 g/mol. The topological polar surface area (TPSA) is 66.0 Å². The Hall–Kier alpha value is -2.50. The monoisotopic (exact) mass is 958 g/mol. The predicted molar refractivity (Wildman–Crippen MR) is 295 cm³/mol. The molecule has 0 saturated heterocycles. The van der Waals surface area contributed by atoms with Crippen LogP contribution in [0.1, 0.15) is 196 Å². The second-order valence-electron chi connectivity index (χ2n) is 20.3. The Morgan fingerprint density at radius 1 is 0.394 bits per heavy atom. The Balaban J connectivity index is 3.64. The molecule has 0 aliphatic rings. The van der Waals surface area contributed by atoms with Crippen LogP contribution in [0.3, 0.4) is 0 Å². The molecule has 1 aromatic heterocycles. The molecule has 0 aromatic carbocycles. The minimum Gasteiger partial charge on any atom is -0.249 e. The van der Waals surface area contributed by atoms with E-state index < -0.39 is 17.1 Å². The average Bonchev–Trinajstić information content (AvgIpc) is 3.26. The first-order valence-electron chi connectivity index (χ1n) is 26.7. The van der Waals surface area contributed by atoms with Gasteiger partial charge in [-0.1, -0.05) is 155 Å². The van der Waals surface area contributed by atoms with Gasteiger partial charge < -0.3 is 0 Å². The van der Waals surface area contributed by atoms with Gasteiger partial charge in [-0.3, -0.25) is 0 Å². The minimum atomic E-state index is -0.454. The fraction of sp³-hybridized carbons (Fsp3) is 0.737. The molecule has 66 heavy (non-hydrogen) atoms. The number of nitrogens with zero attached hydrogens (tertiary/aromatic N) is 3. The third-order valence-corrected chi connectivity index (χ3v) is 18.5. The largest absolute Gasteiger partial charge is 0.335 e. The van der Waals surface area contributed by atoms with E-state index >= 15 is 0 Å². The Morgan fingerprint density at radius 3 is 0.848 bits per heavy atom.